The molecule has 0 heterocycles. The molecule has 0 bridgehead atoms. The third-order valence-corrected chi connectivity index (χ3v) is 3.37. The van der Waals surface area contributed by atoms with Gasteiger partial charge in [0.15, 0.2) is 11.5 Å². The molecule has 0 amide bonds. The van der Waals surface area contributed by atoms with Crippen LogP contribution in [0.3, 0.4) is 0 Å². The van der Waals surface area contributed by atoms with Crippen LogP contribution in [0, 0.1) is 0 Å². The standard InChI is InChI=1S/C18H20N4O5/c1-24-14-8-12(9-15(25-2)16(14)26-3)17(23)27-13-6-4-11(5-7-13)10-21-22-18(19)20/h4-10H,1-3H3,(H4,19,20,22)/b21-10-. The molecule has 4 N–H and O–H groups in total. The van der Waals surface area contributed by atoms with Crippen molar-refractivity contribution in [2.75, 3.05) is 21.3 Å². The molecule has 0 spiro atoms. The Morgan fingerprint density at radius 3 is 2.04 bits per heavy atom. The number of carbonyl (C=O) groups is 1. The van der Waals surface area contributed by atoms with Crippen LogP contribution in [0.4, 0.5) is 0 Å². The normalized spacial score (nSPS) is 10.3. The molecular formula is C18H20N4O5. The van der Waals surface area contributed by atoms with E-state index in [1.807, 2.05) is 0 Å². The van der Waals surface area contributed by atoms with E-state index in [0.29, 0.717) is 23.0 Å². The molecule has 0 saturated carbocycles. The lowest BCUT2D eigenvalue weighted by Gasteiger charge is -2.13. The van der Waals surface area contributed by atoms with E-state index in [-0.39, 0.29) is 11.5 Å². The van der Waals surface area contributed by atoms with Crippen molar-refractivity contribution in [1.82, 2.24) is 0 Å². The Morgan fingerprint density at radius 1 is 0.963 bits per heavy atom. The molecule has 0 fully saturated rings. The highest BCUT2D eigenvalue weighted by Crippen LogP contribution is 2.38. The fraction of sp³-hybridized carbons (Fsp3) is 0.167. The van der Waals surface area contributed by atoms with Crippen molar-refractivity contribution in [3.63, 3.8) is 0 Å². The second-order valence-electron chi connectivity index (χ2n) is 5.14. The van der Waals surface area contributed by atoms with Gasteiger partial charge >= 0.3 is 5.97 Å². The lowest BCUT2D eigenvalue weighted by Crippen LogP contribution is -2.21. The third-order valence-electron chi connectivity index (χ3n) is 3.37. The van der Waals surface area contributed by atoms with Crippen molar-refractivity contribution in [3.8, 4) is 23.0 Å². The number of rotatable bonds is 7. The topological polar surface area (TPSA) is 131 Å². The lowest BCUT2D eigenvalue weighted by atomic mass is 10.2. The Labute approximate surface area is 156 Å². The number of hydrogen-bond donors (Lipinski definition) is 2. The second kappa shape index (κ2) is 9.09. The fourth-order valence-corrected chi connectivity index (χ4v) is 2.15. The summed E-state index contributed by atoms with van der Waals surface area (Å²) in [5.74, 6) is 0.747. The molecule has 2 aromatic carbocycles. The van der Waals surface area contributed by atoms with Crippen LogP contribution in [-0.4, -0.2) is 39.5 Å². The summed E-state index contributed by atoms with van der Waals surface area (Å²) in [5, 5.41) is 7.20. The number of benzene rings is 2. The van der Waals surface area contributed by atoms with Crippen LogP contribution in [-0.2, 0) is 0 Å². The van der Waals surface area contributed by atoms with Crippen LogP contribution in [0.1, 0.15) is 15.9 Å². The average molecular weight is 372 g/mol. The van der Waals surface area contributed by atoms with Crippen molar-refractivity contribution in [2.24, 2.45) is 21.7 Å². The molecule has 0 aromatic heterocycles. The van der Waals surface area contributed by atoms with Crippen LogP contribution in [0.2, 0.25) is 0 Å². The van der Waals surface area contributed by atoms with Gasteiger partial charge < -0.3 is 30.4 Å². The van der Waals surface area contributed by atoms with E-state index in [9.17, 15) is 4.79 Å². The van der Waals surface area contributed by atoms with Gasteiger partial charge in [0, 0.05) is 0 Å². The van der Waals surface area contributed by atoms with Gasteiger partial charge in [-0.1, -0.05) is 0 Å². The van der Waals surface area contributed by atoms with Gasteiger partial charge in [-0.25, -0.2) is 4.79 Å². The molecule has 0 unspecified atom stereocenters. The molecule has 142 valence electrons. The molecule has 9 heteroatoms. The highest BCUT2D eigenvalue weighted by molar-refractivity contribution is 5.93. The van der Waals surface area contributed by atoms with E-state index >= 15 is 0 Å². The highest BCUT2D eigenvalue weighted by atomic mass is 16.5. The Bertz CT molecular complexity index is 834. The Morgan fingerprint density at radius 2 is 1.56 bits per heavy atom. The first-order valence-corrected chi connectivity index (χ1v) is 7.72. The Kier molecular flexibility index (Phi) is 6.59. The van der Waals surface area contributed by atoms with Crippen molar-refractivity contribution in [2.45, 2.75) is 0 Å². The maximum Gasteiger partial charge on any atom is 0.343 e. The minimum atomic E-state index is -0.573. The first-order chi connectivity index (χ1) is 13.0. The van der Waals surface area contributed by atoms with Gasteiger partial charge in [-0.3, -0.25) is 0 Å². The summed E-state index contributed by atoms with van der Waals surface area (Å²) in [7, 11) is 4.42. The summed E-state index contributed by atoms with van der Waals surface area (Å²) in [4.78, 5) is 12.4. The molecule has 2 aromatic rings. The molecule has 0 saturated heterocycles. The molecule has 0 aliphatic heterocycles. The summed E-state index contributed by atoms with van der Waals surface area (Å²) >= 11 is 0. The SMILES string of the molecule is COc1cc(C(=O)Oc2ccc(/C=N\N=C(N)N)cc2)cc(OC)c1OC. The van der Waals surface area contributed by atoms with Crippen LogP contribution >= 0.6 is 0 Å². The molecular weight excluding hydrogens is 352 g/mol. The smallest absolute Gasteiger partial charge is 0.343 e. The van der Waals surface area contributed by atoms with Gasteiger partial charge in [0.2, 0.25) is 11.7 Å². The van der Waals surface area contributed by atoms with Crippen LogP contribution < -0.4 is 30.4 Å². The highest BCUT2D eigenvalue weighted by Gasteiger charge is 2.18. The zero-order chi connectivity index (χ0) is 19.8. The summed E-state index contributed by atoms with van der Waals surface area (Å²) in [5.41, 5.74) is 11.3. The van der Waals surface area contributed by atoms with Crippen molar-refractivity contribution in [1.29, 1.82) is 0 Å². The van der Waals surface area contributed by atoms with Crippen molar-refractivity contribution < 1.29 is 23.7 Å². The van der Waals surface area contributed by atoms with Gasteiger partial charge in [0.25, 0.3) is 0 Å². The third kappa shape index (κ3) is 5.11. The molecule has 27 heavy (non-hydrogen) atoms. The fourth-order valence-electron chi connectivity index (χ4n) is 2.15. The predicted molar refractivity (Wildman–Crippen MR) is 101 cm³/mol. The number of esters is 1. The zero-order valence-electron chi connectivity index (χ0n) is 15.1. The largest absolute Gasteiger partial charge is 0.493 e. The number of methoxy groups -OCH3 is 3. The number of nitrogens with two attached hydrogens (primary N) is 2. The number of ether oxygens (including phenoxy) is 4. The number of hydrogen-bond acceptors (Lipinski definition) is 7. The molecule has 9 nitrogen and oxygen atoms in total. The number of guanidine groups is 1. The molecule has 0 aliphatic carbocycles. The first kappa shape index (κ1) is 19.6. The summed E-state index contributed by atoms with van der Waals surface area (Å²) < 4.78 is 21.1. The molecule has 0 radical (unpaired) electrons. The van der Waals surface area contributed by atoms with E-state index in [0.717, 1.165) is 5.56 Å². The maximum atomic E-state index is 12.4. The summed E-state index contributed by atoms with van der Waals surface area (Å²) in [6, 6.07) is 9.66. The van der Waals surface area contributed by atoms with Gasteiger partial charge in [-0.2, -0.15) is 5.10 Å². The molecule has 0 atom stereocenters. The summed E-state index contributed by atoms with van der Waals surface area (Å²) in [6.45, 7) is 0. The lowest BCUT2D eigenvalue weighted by molar-refractivity contribution is 0.0734. The van der Waals surface area contributed by atoms with E-state index < -0.39 is 5.97 Å². The van der Waals surface area contributed by atoms with Gasteiger partial charge in [-0.05, 0) is 42.0 Å². The predicted octanol–water partition coefficient (Wildman–Crippen LogP) is 1.54. The van der Waals surface area contributed by atoms with E-state index in [4.69, 9.17) is 30.4 Å². The molecule has 0 aliphatic rings. The van der Waals surface area contributed by atoms with Crippen molar-refractivity contribution >= 4 is 18.1 Å². The zero-order valence-corrected chi connectivity index (χ0v) is 15.1. The molecule has 2 rings (SSSR count). The first-order valence-electron chi connectivity index (χ1n) is 7.72. The van der Waals surface area contributed by atoms with Crippen LogP contribution in [0.15, 0.2) is 46.6 Å². The van der Waals surface area contributed by atoms with Crippen molar-refractivity contribution in [3.05, 3.63) is 47.5 Å². The Balaban J connectivity index is 2.17. The number of nitrogens with zero attached hydrogens (tertiary/aromatic N) is 2. The minimum absolute atomic E-state index is 0.137. The van der Waals surface area contributed by atoms with Crippen LogP contribution in [0.25, 0.3) is 0 Å². The number of carbonyl (C=O) groups excluding carboxylic acids is 1. The minimum Gasteiger partial charge on any atom is -0.493 e. The van der Waals surface area contributed by atoms with Gasteiger partial charge in [0.1, 0.15) is 5.75 Å². The van der Waals surface area contributed by atoms with Crippen LogP contribution in [0.5, 0.6) is 23.0 Å². The maximum absolute atomic E-state index is 12.4. The van der Waals surface area contributed by atoms with Gasteiger partial charge in [-0.15, -0.1) is 5.10 Å². The van der Waals surface area contributed by atoms with E-state index in [1.165, 1.54) is 39.7 Å². The quantitative estimate of drug-likeness (QED) is 0.248. The van der Waals surface area contributed by atoms with Gasteiger partial charge in [0.05, 0.1) is 33.1 Å². The Hall–Kier alpha value is -3.75. The summed E-state index contributed by atoms with van der Waals surface area (Å²) in [6.07, 6.45) is 1.46. The second-order valence-corrected chi connectivity index (χ2v) is 5.14. The average Bonchev–Trinajstić information content (AvgIpc) is 2.67. The van der Waals surface area contributed by atoms with E-state index in [1.54, 1.807) is 24.3 Å². The van der Waals surface area contributed by atoms with E-state index in [2.05, 4.69) is 10.2 Å². The monoisotopic (exact) mass is 372 g/mol.